The number of amides is 2. The van der Waals surface area contributed by atoms with Gasteiger partial charge in [0, 0.05) is 50.5 Å². The van der Waals surface area contributed by atoms with Gasteiger partial charge in [0.1, 0.15) is 0 Å². The van der Waals surface area contributed by atoms with Gasteiger partial charge < -0.3 is 15.1 Å². The zero-order valence-electron chi connectivity index (χ0n) is 16.8. The average Bonchev–Trinajstić information content (AvgIpc) is 2.73. The van der Waals surface area contributed by atoms with E-state index < -0.39 is 0 Å². The summed E-state index contributed by atoms with van der Waals surface area (Å²) in [5.41, 5.74) is 3.76. The topological polar surface area (TPSA) is 52.7 Å². The van der Waals surface area contributed by atoms with Crippen molar-refractivity contribution in [2.45, 2.75) is 32.1 Å². The highest BCUT2D eigenvalue weighted by atomic mass is 16.2. The molecule has 0 radical (unpaired) electrons. The Hall–Kier alpha value is -2.82. The Labute approximate surface area is 167 Å². The van der Waals surface area contributed by atoms with E-state index in [2.05, 4.69) is 22.3 Å². The predicted octanol–water partition coefficient (Wildman–Crippen LogP) is 3.95. The van der Waals surface area contributed by atoms with Gasteiger partial charge in [-0.15, -0.1) is 0 Å². The summed E-state index contributed by atoms with van der Waals surface area (Å²) in [6, 6.07) is 15.6. The first kappa shape index (κ1) is 19.9. The molecular formula is C23H29N3O2. The lowest BCUT2D eigenvalue weighted by atomic mass is 10.1. The van der Waals surface area contributed by atoms with E-state index in [-0.39, 0.29) is 11.8 Å². The maximum Gasteiger partial charge on any atom is 0.253 e. The fourth-order valence-corrected chi connectivity index (χ4v) is 3.46. The molecule has 1 saturated heterocycles. The lowest BCUT2D eigenvalue weighted by Crippen LogP contribution is -2.29. The molecule has 28 heavy (non-hydrogen) atoms. The van der Waals surface area contributed by atoms with Gasteiger partial charge in [0.05, 0.1) is 0 Å². The molecule has 3 rings (SSSR count). The first-order valence-corrected chi connectivity index (χ1v) is 9.98. The standard InChI is InChI=1S/C23H29N3O2/c1-25(2)23(28)19-9-6-18(7-10-19)8-15-22(27)24-20-11-13-21(14-12-20)26-16-4-3-5-17-26/h6-7,9-14H,3-5,8,15-17H2,1-2H3,(H,24,27). The van der Waals surface area contributed by atoms with Gasteiger partial charge in [-0.05, 0) is 67.6 Å². The molecule has 5 nitrogen and oxygen atoms in total. The van der Waals surface area contributed by atoms with Gasteiger partial charge in [-0.25, -0.2) is 0 Å². The first-order chi connectivity index (χ1) is 13.5. The number of rotatable bonds is 6. The number of hydrogen-bond donors (Lipinski definition) is 1. The van der Waals surface area contributed by atoms with Crippen LogP contribution in [0.3, 0.4) is 0 Å². The normalized spacial score (nSPS) is 13.9. The second-order valence-electron chi connectivity index (χ2n) is 7.54. The fraction of sp³-hybridized carbons (Fsp3) is 0.391. The van der Waals surface area contributed by atoms with Crippen molar-refractivity contribution in [3.63, 3.8) is 0 Å². The van der Waals surface area contributed by atoms with Crippen LogP contribution < -0.4 is 10.2 Å². The first-order valence-electron chi connectivity index (χ1n) is 9.98. The Bertz CT molecular complexity index is 792. The van der Waals surface area contributed by atoms with Crippen LogP contribution in [0.4, 0.5) is 11.4 Å². The SMILES string of the molecule is CN(C)C(=O)c1ccc(CCC(=O)Nc2ccc(N3CCCCC3)cc2)cc1. The molecule has 0 spiro atoms. The Kier molecular flexibility index (Phi) is 6.69. The minimum Gasteiger partial charge on any atom is -0.372 e. The van der Waals surface area contributed by atoms with Crippen LogP contribution in [0.2, 0.25) is 0 Å². The molecule has 0 aliphatic carbocycles. The predicted molar refractivity (Wildman–Crippen MR) is 114 cm³/mol. The van der Waals surface area contributed by atoms with Crippen molar-refractivity contribution in [1.82, 2.24) is 4.90 Å². The molecule has 148 valence electrons. The third-order valence-corrected chi connectivity index (χ3v) is 5.12. The van der Waals surface area contributed by atoms with Gasteiger partial charge in [-0.1, -0.05) is 12.1 Å². The second-order valence-corrected chi connectivity index (χ2v) is 7.54. The van der Waals surface area contributed by atoms with Crippen LogP contribution in [0.5, 0.6) is 0 Å². The van der Waals surface area contributed by atoms with E-state index in [4.69, 9.17) is 0 Å². The maximum atomic E-state index is 12.3. The van der Waals surface area contributed by atoms with Crippen molar-refractivity contribution in [1.29, 1.82) is 0 Å². The van der Waals surface area contributed by atoms with Gasteiger partial charge in [0.25, 0.3) is 5.91 Å². The van der Waals surface area contributed by atoms with Crippen LogP contribution in [0.15, 0.2) is 48.5 Å². The number of carbonyl (C=O) groups excluding carboxylic acids is 2. The lowest BCUT2D eigenvalue weighted by Gasteiger charge is -2.28. The zero-order valence-corrected chi connectivity index (χ0v) is 16.8. The number of piperidine rings is 1. The van der Waals surface area contributed by atoms with Crippen molar-refractivity contribution in [3.8, 4) is 0 Å². The molecule has 2 aromatic rings. The molecule has 2 amide bonds. The number of carbonyl (C=O) groups is 2. The third-order valence-electron chi connectivity index (χ3n) is 5.12. The average molecular weight is 380 g/mol. The summed E-state index contributed by atoms with van der Waals surface area (Å²) >= 11 is 0. The summed E-state index contributed by atoms with van der Waals surface area (Å²) in [6.07, 6.45) is 4.88. The molecule has 0 saturated carbocycles. The summed E-state index contributed by atoms with van der Waals surface area (Å²) < 4.78 is 0. The van der Waals surface area contributed by atoms with E-state index in [9.17, 15) is 9.59 Å². The maximum absolute atomic E-state index is 12.3. The molecular weight excluding hydrogens is 350 g/mol. The second kappa shape index (κ2) is 9.40. The summed E-state index contributed by atoms with van der Waals surface area (Å²) in [5.74, 6) is -0.0172. The molecule has 1 aliphatic rings. The number of aryl methyl sites for hydroxylation is 1. The van der Waals surface area contributed by atoms with Crippen molar-refractivity contribution in [2.75, 3.05) is 37.4 Å². The summed E-state index contributed by atoms with van der Waals surface area (Å²) in [7, 11) is 3.47. The molecule has 1 fully saturated rings. The zero-order chi connectivity index (χ0) is 19.9. The van der Waals surface area contributed by atoms with Crippen LogP contribution in [0.25, 0.3) is 0 Å². The summed E-state index contributed by atoms with van der Waals surface area (Å²) in [4.78, 5) is 28.1. The molecule has 1 heterocycles. The minimum absolute atomic E-state index is 0.000771. The molecule has 0 bridgehead atoms. The van der Waals surface area contributed by atoms with E-state index >= 15 is 0 Å². The van der Waals surface area contributed by atoms with Crippen molar-refractivity contribution >= 4 is 23.2 Å². The van der Waals surface area contributed by atoms with Crippen LogP contribution >= 0.6 is 0 Å². The molecule has 0 unspecified atom stereocenters. The van der Waals surface area contributed by atoms with Crippen molar-refractivity contribution < 1.29 is 9.59 Å². The van der Waals surface area contributed by atoms with E-state index in [1.165, 1.54) is 24.9 Å². The van der Waals surface area contributed by atoms with E-state index in [1.807, 2.05) is 36.4 Å². The third kappa shape index (κ3) is 5.35. The quantitative estimate of drug-likeness (QED) is 0.827. The molecule has 5 heteroatoms. The van der Waals surface area contributed by atoms with Gasteiger partial charge in [0.2, 0.25) is 5.91 Å². The van der Waals surface area contributed by atoms with Gasteiger partial charge in [0.15, 0.2) is 0 Å². The molecule has 1 N–H and O–H groups in total. The van der Waals surface area contributed by atoms with Gasteiger partial charge in [-0.3, -0.25) is 9.59 Å². The minimum atomic E-state index is -0.0164. The largest absolute Gasteiger partial charge is 0.372 e. The summed E-state index contributed by atoms with van der Waals surface area (Å²) in [5, 5.41) is 2.97. The van der Waals surface area contributed by atoms with Gasteiger partial charge >= 0.3 is 0 Å². The van der Waals surface area contributed by atoms with Crippen molar-refractivity contribution in [2.24, 2.45) is 0 Å². The highest BCUT2D eigenvalue weighted by Gasteiger charge is 2.11. The van der Waals surface area contributed by atoms with E-state index in [0.29, 0.717) is 18.4 Å². The molecule has 0 aromatic heterocycles. The van der Waals surface area contributed by atoms with Crippen LogP contribution in [0.1, 0.15) is 41.6 Å². The highest BCUT2D eigenvalue weighted by molar-refractivity contribution is 5.94. The van der Waals surface area contributed by atoms with Crippen LogP contribution in [-0.4, -0.2) is 43.9 Å². The smallest absolute Gasteiger partial charge is 0.253 e. The number of hydrogen-bond acceptors (Lipinski definition) is 3. The van der Waals surface area contributed by atoms with Crippen LogP contribution in [-0.2, 0) is 11.2 Å². The van der Waals surface area contributed by atoms with Crippen molar-refractivity contribution in [3.05, 3.63) is 59.7 Å². The molecule has 2 aromatic carbocycles. The highest BCUT2D eigenvalue weighted by Crippen LogP contribution is 2.22. The fourth-order valence-electron chi connectivity index (χ4n) is 3.46. The van der Waals surface area contributed by atoms with Gasteiger partial charge in [-0.2, -0.15) is 0 Å². The Morgan fingerprint density at radius 1 is 0.929 bits per heavy atom. The number of anilines is 2. The Morgan fingerprint density at radius 3 is 2.18 bits per heavy atom. The lowest BCUT2D eigenvalue weighted by molar-refractivity contribution is -0.116. The molecule has 0 atom stereocenters. The molecule has 1 aliphatic heterocycles. The number of benzene rings is 2. The summed E-state index contributed by atoms with van der Waals surface area (Å²) in [6.45, 7) is 2.23. The van der Waals surface area contributed by atoms with E-state index in [1.54, 1.807) is 19.0 Å². The van der Waals surface area contributed by atoms with E-state index in [0.717, 1.165) is 24.3 Å². The Morgan fingerprint density at radius 2 is 1.57 bits per heavy atom. The Balaban J connectivity index is 1.48. The van der Waals surface area contributed by atoms with Crippen LogP contribution in [0, 0.1) is 0 Å². The number of nitrogens with one attached hydrogen (secondary N) is 1. The number of nitrogens with zero attached hydrogens (tertiary/aromatic N) is 2. The monoisotopic (exact) mass is 379 g/mol.